The Morgan fingerprint density at radius 2 is 2.11 bits per heavy atom. The highest BCUT2D eigenvalue weighted by molar-refractivity contribution is 7.14. The predicted octanol–water partition coefficient (Wildman–Crippen LogP) is 4.16. The van der Waals surface area contributed by atoms with Crippen molar-refractivity contribution in [3.8, 4) is 10.4 Å². The number of hydrogen-bond acceptors (Lipinski definition) is 4. The maximum atomic E-state index is 4.11. The Morgan fingerprint density at radius 3 is 2.89 bits per heavy atom. The quantitative estimate of drug-likeness (QED) is 0.761. The molecule has 0 saturated heterocycles. The van der Waals surface area contributed by atoms with E-state index in [-0.39, 0.29) is 0 Å². The van der Waals surface area contributed by atoms with Crippen LogP contribution < -0.4 is 5.32 Å². The highest BCUT2D eigenvalue weighted by Crippen LogP contribution is 2.29. The van der Waals surface area contributed by atoms with Gasteiger partial charge in [-0.05, 0) is 34.5 Å². The van der Waals surface area contributed by atoms with Crippen molar-refractivity contribution in [2.24, 2.45) is 0 Å². The molecule has 0 aliphatic rings. The van der Waals surface area contributed by atoms with Crippen LogP contribution in [-0.2, 0) is 13.1 Å². The first-order valence-corrected chi connectivity index (χ1v) is 7.88. The van der Waals surface area contributed by atoms with Crippen molar-refractivity contribution in [2.75, 3.05) is 0 Å². The van der Waals surface area contributed by atoms with Gasteiger partial charge in [0.05, 0.1) is 0 Å². The molecule has 0 aliphatic carbocycles. The van der Waals surface area contributed by atoms with Crippen molar-refractivity contribution >= 4 is 22.7 Å². The molecule has 0 spiro atoms. The minimum absolute atomic E-state index is 0.861. The van der Waals surface area contributed by atoms with Gasteiger partial charge in [0.1, 0.15) is 0 Å². The second-order valence-corrected chi connectivity index (χ2v) is 6.19. The van der Waals surface area contributed by atoms with E-state index in [1.807, 2.05) is 23.6 Å². The molecule has 0 aromatic carbocycles. The molecule has 3 aromatic rings. The fraction of sp³-hybridized carbons (Fsp3) is 0.133. The Morgan fingerprint density at radius 1 is 1.11 bits per heavy atom. The smallest absolute Gasteiger partial charge is 0.0351 e. The molecule has 0 fully saturated rings. The van der Waals surface area contributed by atoms with Crippen molar-refractivity contribution in [3.05, 3.63) is 63.9 Å². The molecule has 3 heterocycles. The number of pyridine rings is 1. The third-order valence-electron chi connectivity index (χ3n) is 2.81. The van der Waals surface area contributed by atoms with E-state index < -0.39 is 0 Å². The summed E-state index contributed by atoms with van der Waals surface area (Å²) in [4.78, 5) is 6.82. The zero-order valence-corrected chi connectivity index (χ0v) is 12.0. The first kappa shape index (κ1) is 12.5. The summed E-state index contributed by atoms with van der Waals surface area (Å²) in [6.45, 7) is 1.77. The Hall–Kier alpha value is -1.49. The van der Waals surface area contributed by atoms with Crippen LogP contribution in [0.5, 0.6) is 0 Å². The molecule has 1 N–H and O–H groups in total. The lowest BCUT2D eigenvalue weighted by molar-refractivity contribution is 0.699. The summed E-state index contributed by atoms with van der Waals surface area (Å²) in [5.74, 6) is 0. The van der Waals surface area contributed by atoms with Gasteiger partial charge in [0.25, 0.3) is 0 Å². The van der Waals surface area contributed by atoms with Gasteiger partial charge in [-0.25, -0.2) is 0 Å². The second kappa shape index (κ2) is 6.10. The van der Waals surface area contributed by atoms with Crippen LogP contribution in [0.4, 0.5) is 0 Å². The van der Waals surface area contributed by atoms with Crippen LogP contribution in [0.15, 0.2) is 53.5 Å². The van der Waals surface area contributed by atoms with Crippen LogP contribution in [0.25, 0.3) is 10.4 Å². The van der Waals surface area contributed by atoms with Crippen LogP contribution >= 0.6 is 22.7 Å². The third kappa shape index (κ3) is 3.29. The summed E-state index contributed by atoms with van der Waals surface area (Å²) < 4.78 is 0. The minimum atomic E-state index is 0.861. The summed E-state index contributed by atoms with van der Waals surface area (Å²) in [6, 6.07) is 10.6. The number of hydrogen-bond donors (Lipinski definition) is 1. The Labute approximate surface area is 120 Å². The molecular formula is C15H14N2S2. The molecule has 0 atom stereocenters. The summed E-state index contributed by atoms with van der Waals surface area (Å²) >= 11 is 3.60. The fourth-order valence-electron chi connectivity index (χ4n) is 1.88. The molecule has 0 unspecified atom stereocenters. The molecule has 96 valence electrons. The van der Waals surface area contributed by atoms with Crippen LogP contribution in [0.2, 0.25) is 0 Å². The predicted molar refractivity (Wildman–Crippen MR) is 82.4 cm³/mol. The number of nitrogens with zero attached hydrogens (tertiary/aromatic N) is 1. The van der Waals surface area contributed by atoms with Gasteiger partial charge in [0.15, 0.2) is 0 Å². The van der Waals surface area contributed by atoms with Crippen molar-refractivity contribution in [1.29, 1.82) is 0 Å². The van der Waals surface area contributed by atoms with Gasteiger partial charge in [-0.3, -0.25) is 4.98 Å². The standard InChI is InChI=1S/C15H14N2S2/c1-3-12(8-16-5-1)9-17-10-14-7-13(11-19-14)15-4-2-6-18-15/h1-8,11,17H,9-10H2. The summed E-state index contributed by atoms with van der Waals surface area (Å²) in [6.07, 6.45) is 3.70. The maximum absolute atomic E-state index is 4.11. The van der Waals surface area contributed by atoms with E-state index in [4.69, 9.17) is 0 Å². The number of aromatic nitrogens is 1. The van der Waals surface area contributed by atoms with Crippen molar-refractivity contribution in [1.82, 2.24) is 10.3 Å². The lowest BCUT2D eigenvalue weighted by atomic mass is 10.2. The van der Waals surface area contributed by atoms with E-state index in [9.17, 15) is 0 Å². The zero-order valence-electron chi connectivity index (χ0n) is 10.4. The van der Waals surface area contributed by atoms with E-state index in [1.165, 1.54) is 20.9 Å². The van der Waals surface area contributed by atoms with Gasteiger partial charge < -0.3 is 5.32 Å². The van der Waals surface area contributed by atoms with E-state index >= 15 is 0 Å². The monoisotopic (exact) mass is 286 g/mol. The molecule has 3 aromatic heterocycles. The number of rotatable bonds is 5. The van der Waals surface area contributed by atoms with E-state index in [2.05, 4.69) is 45.3 Å². The molecule has 3 rings (SSSR count). The van der Waals surface area contributed by atoms with Gasteiger partial charge in [-0.15, -0.1) is 22.7 Å². The zero-order chi connectivity index (χ0) is 12.9. The Balaban J connectivity index is 1.56. The molecule has 2 nitrogen and oxygen atoms in total. The first-order valence-electron chi connectivity index (χ1n) is 6.13. The molecule has 4 heteroatoms. The van der Waals surface area contributed by atoms with E-state index in [0.29, 0.717) is 0 Å². The molecule has 19 heavy (non-hydrogen) atoms. The fourth-order valence-corrected chi connectivity index (χ4v) is 3.52. The van der Waals surface area contributed by atoms with Crippen LogP contribution in [-0.4, -0.2) is 4.98 Å². The summed E-state index contributed by atoms with van der Waals surface area (Å²) in [5, 5.41) is 7.80. The van der Waals surface area contributed by atoms with Gasteiger partial charge in [0.2, 0.25) is 0 Å². The molecule has 0 saturated carbocycles. The minimum Gasteiger partial charge on any atom is -0.308 e. The Bertz CT molecular complexity index is 615. The third-order valence-corrected chi connectivity index (χ3v) is 4.67. The molecular weight excluding hydrogens is 272 g/mol. The first-order chi connectivity index (χ1) is 9.42. The highest BCUT2D eigenvalue weighted by Gasteiger charge is 2.03. The van der Waals surface area contributed by atoms with E-state index in [1.54, 1.807) is 17.5 Å². The van der Waals surface area contributed by atoms with Gasteiger partial charge >= 0.3 is 0 Å². The average molecular weight is 286 g/mol. The SMILES string of the molecule is c1cncc(CNCc2cc(-c3cccs3)cs2)c1. The molecule has 0 radical (unpaired) electrons. The lowest BCUT2D eigenvalue weighted by Gasteiger charge is -2.02. The van der Waals surface area contributed by atoms with E-state index in [0.717, 1.165) is 13.1 Å². The maximum Gasteiger partial charge on any atom is 0.0351 e. The summed E-state index contributed by atoms with van der Waals surface area (Å²) in [5.41, 5.74) is 2.55. The molecule has 0 amide bonds. The van der Waals surface area contributed by atoms with Crippen molar-refractivity contribution in [2.45, 2.75) is 13.1 Å². The van der Waals surface area contributed by atoms with Crippen molar-refractivity contribution in [3.63, 3.8) is 0 Å². The number of thiophene rings is 2. The molecule has 0 bridgehead atoms. The molecule has 0 aliphatic heterocycles. The topological polar surface area (TPSA) is 24.9 Å². The van der Waals surface area contributed by atoms with Crippen LogP contribution in [0.3, 0.4) is 0 Å². The van der Waals surface area contributed by atoms with Crippen molar-refractivity contribution < 1.29 is 0 Å². The largest absolute Gasteiger partial charge is 0.308 e. The lowest BCUT2D eigenvalue weighted by Crippen LogP contribution is -2.11. The van der Waals surface area contributed by atoms with Gasteiger partial charge in [-0.2, -0.15) is 0 Å². The highest BCUT2D eigenvalue weighted by atomic mass is 32.1. The Kier molecular flexibility index (Phi) is 4.03. The second-order valence-electron chi connectivity index (χ2n) is 4.24. The van der Waals surface area contributed by atoms with Gasteiger partial charge in [0, 0.05) is 40.8 Å². The van der Waals surface area contributed by atoms with Gasteiger partial charge in [-0.1, -0.05) is 12.1 Å². The normalized spacial score (nSPS) is 10.7. The average Bonchev–Trinajstić information content (AvgIpc) is 3.10. The van der Waals surface area contributed by atoms with Crippen LogP contribution in [0, 0.1) is 0 Å². The number of nitrogens with one attached hydrogen (secondary N) is 1. The summed E-state index contributed by atoms with van der Waals surface area (Å²) in [7, 11) is 0. The van der Waals surface area contributed by atoms with Crippen LogP contribution in [0.1, 0.15) is 10.4 Å².